The number of ketones is 1. The van der Waals surface area contributed by atoms with E-state index < -0.39 is 17.7 Å². The van der Waals surface area contributed by atoms with Gasteiger partial charge in [-0.2, -0.15) is 0 Å². The van der Waals surface area contributed by atoms with Crippen LogP contribution in [0.1, 0.15) is 29.2 Å². The smallest absolute Gasteiger partial charge is 0.300 e. The van der Waals surface area contributed by atoms with Crippen molar-refractivity contribution in [1.29, 1.82) is 0 Å². The largest absolute Gasteiger partial charge is 0.507 e. The molecule has 2 aliphatic heterocycles. The maximum Gasteiger partial charge on any atom is 0.300 e. The quantitative estimate of drug-likeness (QED) is 0.303. The molecule has 5 rings (SSSR count). The van der Waals surface area contributed by atoms with Gasteiger partial charge in [0, 0.05) is 11.3 Å². The number of benzene rings is 3. The summed E-state index contributed by atoms with van der Waals surface area (Å²) in [7, 11) is 1.53. The molecular weight excluding hydrogens is 470 g/mol. The van der Waals surface area contributed by atoms with E-state index in [0.29, 0.717) is 29.2 Å². The van der Waals surface area contributed by atoms with E-state index in [1.807, 2.05) is 0 Å². The number of aromatic hydroxyl groups is 1. The molecule has 7 nitrogen and oxygen atoms in total. The van der Waals surface area contributed by atoms with Gasteiger partial charge in [0.25, 0.3) is 11.7 Å². The lowest BCUT2D eigenvalue weighted by atomic mass is 9.93. The Morgan fingerprint density at radius 1 is 1.09 bits per heavy atom. The number of phenols is 1. The molecule has 0 radical (unpaired) electrons. The van der Waals surface area contributed by atoms with E-state index in [0.717, 1.165) is 24.2 Å². The van der Waals surface area contributed by atoms with E-state index in [4.69, 9.17) is 21.1 Å². The molecular formula is C27H22ClNO6. The first-order valence-electron chi connectivity index (χ1n) is 11.1. The Bertz CT molecular complexity index is 1360. The summed E-state index contributed by atoms with van der Waals surface area (Å²) in [6, 6.07) is 15.4. The fourth-order valence-corrected chi connectivity index (χ4v) is 4.70. The Labute approximate surface area is 206 Å². The molecule has 3 aromatic rings. The highest BCUT2D eigenvalue weighted by Gasteiger charge is 2.47. The molecule has 2 N–H and O–H groups in total. The predicted molar refractivity (Wildman–Crippen MR) is 131 cm³/mol. The van der Waals surface area contributed by atoms with Crippen molar-refractivity contribution in [2.45, 2.75) is 18.9 Å². The SMILES string of the molecule is COc1ccc(N2C(=O)C(=O)/C(=C(\O)c3ccc4c(c3)CCCO4)C2c2ccc(O)c(Cl)c2)cc1. The third-order valence-electron chi connectivity index (χ3n) is 6.26. The Balaban J connectivity index is 1.69. The van der Waals surface area contributed by atoms with Gasteiger partial charge >= 0.3 is 0 Å². The normalized spacial score (nSPS) is 18.8. The molecule has 1 atom stereocenters. The van der Waals surface area contributed by atoms with Crippen LogP contribution in [0.25, 0.3) is 5.76 Å². The molecule has 1 saturated heterocycles. The van der Waals surface area contributed by atoms with Gasteiger partial charge in [-0.05, 0) is 78.6 Å². The molecule has 0 spiro atoms. The number of ether oxygens (including phenoxy) is 2. The molecule has 0 aromatic heterocycles. The van der Waals surface area contributed by atoms with Crippen molar-refractivity contribution in [3.8, 4) is 17.2 Å². The summed E-state index contributed by atoms with van der Waals surface area (Å²) in [5.41, 5.74) is 2.18. The van der Waals surface area contributed by atoms with Crippen LogP contribution in [0.5, 0.6) is 17.2 Å². The minimum absolute atomic E-state index is 0.0637. The number of carbonyl (C=O) groups is 2. The zero-order valence-electron chi connectivity index (χ0n) is 18.8. The molecule has 35 heavy (non-hydrogen) atoms. The van der Waals surface area contributed by atoms with Crippen molar-refractivity contribution in [3.05, 3.63) is 87.9 Å². The third-order valence-corrected chi connectivity index (χ3v) is 6.57. The number of aliphatic hydroxyl groups excluding tert-OH is 1. The van der Waals surface area contributed by atoms with E-state index in [1.54, 1.807) is 48.5 Å². The number of rotatable bonds is 4. The molecule has 0 saturated carbocycles. The summed E-state index contributed by atoms with van der Waals surface area (Å²) in [6.45, 7) is 0.632. The van der Waals surface area contributed by atoms with Crippen LogP contribution < -0.4 is 14.4 Å². The van der Waals surface area contributed by atoms with Gasteiger partial charge in [-0.15, -0.1) is 0 Å². The highest BCUT2D eigenvalue weighted by Crippen LogP contribution is 2.44. The molecule has 2 heterocycles. The maximum absolute atomic E-state index is 13.3. The van der Waals surface area contributed by atoms with Crippen molar-refractivity contribution >= 4 is 34.7 Å². The number of fused-ring (bicyclic) bond motifs is 1. The highest BCUT2D eigenvalue weighted by atomic mass is 35.5. The van der Waals surface area contributed by atoms with Gasteiger partial charge in [0.1, 0.15) is 23.0 Å². The topological polar surface area (TPSA) is 96.3 Å². The number of phenolic OH excluding ortho intramolecular Hbond substituents is 1. The standard InChI is InChI=1S/C27H22ClNO6/c1-34-19-8-6-18(7-9-19)29-24(16-4-10-21(30)20(28)14-16)23(26(32)27(29)33)25(31)17-5-11-22-15(13-17)3-2-12-35-22/h4-11,13-14,24,30-31H,2-3,12H2,1H3/b25-23-. The van der Waals surface area contributed by atoms with Crippen LogP contribution in [0.15, 0.2) is 66.2 Å². The number of methoxy groups -OCH3 is 1. The second kappa shape index (κ2) is 9.00. The summed E-state index contributed by atoms with van der Waals surface area (Å²) in [5, 5.41) is 21.3. The van der Waals surface area contributed by atoms with Gasteiger partial charge in [0.15, 0.2) is 0 Å². The van der Waals surface area contributed by atoms with Gasteiger partial charge < -0.3 is 19.7 Å². The predicted octanol–water partition coefficient (Wildman–Crippen LogP) is 5.01. The van der Waals surface area contributed by atoms with Crippen LogP contribution in [0, 0.1) is 0 Å². The summed E-state index contributed by atoms with van der Waals surface area (Å²) in [5.74, 6) is -0.693. The first kappa shape index (κ1) is 22.8. The number of hydrogen-bond donors (Lipinski definition) is 2. The lowest BCUT2D eigenvalue weighted by Gasteiger charge is -2.26. The number of aliphatic hydroxyl groups is 1. The minimum Gasteiger partial charge on any atom is -0.507 e. The van der Waals surface area contributed by atoms with E-state index in [-0.39, 0.29) is 22.1 Å². The van der Waals surface area contributed by atoms with Crippen LogP contribution >= 0.6 is 11.6 Å². The van der Waals surface area contributed by atoms with Crippen molar-refractivity contribution in [1.82, 2.24) is 0 Å². The minimum atomic E-state index is -0.964. The number of hydrogen-bond acceptors (Lipinski definition) is 6. The van der Waals surface area contributed by atoms with E-state index >= 15 is 0 Å². The van der Waals surface area contributed by atoms with E-state index in [1.165, 1.54) is 24.1 Å². The fourth-order valence-electron chi connectivity index (χ4n) is 4.51. The van der Waals surface area contributed by atoms with Crippen LogP contribution in [0.4, 0.5) is 5.69 Å². The van der Waals surface area contributed by atoms with Gasteiger partial charge in [0.05, 0.1) is 30.4 Å². The first-order valence-corrected chi connectivity index (χ1v) is 11.5. The average molecular weight is 492 g/mol. The monoisotopic (exact) mass is 491 g/mol. The fraction of sp³-hybridized carbons (Fsp3) is 0.185. The number of aryl methyl sites for hydroxylation is 1. The van der Waals surface area contributed by atoms with Gasteiger partial charge in [0.2, 0.25) is 0 Å². The lowest BCUT2D eigenvalue weighted by molar-refractivity contribution is -0.132. The number of carbonyl (C=O) groups excluding carboxylic acids is 2. The number of Topliss-reactive ketones (excluding diaryl/α,β-unsaturated/α-hetero) is 1. The third kappa shape index (κ3) is 3.98. The molecule has 0 aliphatic carbocycles. The van der Waals surface area contributed by atoms with Crippen LogP contribution in [-0.2, 0) is 16.0 Å². The van der Waals surface area contributed by atoms with E-state index in [2.05, 4.69) is 0 Å². The molecule has 3 aromatic carbocycles. The maximum atomic E-state index is 13.3. The molecule has 8 heteroatoms. The molecule has 1 unspecified atom stereocenters. The van der Waals surface area contributed by atoms with Crippen molar-refractivity contribution in [2.75, 3.05) is 18.6 Å². The Morgan fingerprint density at radius 3 is 2.57 bits per heavy atom. The van der Waals surface area contributed by atoms with Crippen molar-refractivity contribution in [2.24, 2.45) is 0 Å². The van der Waals surface area contributed by atoms with Gasteiger partial charge in [-0.3, -0.25) is 14.5 Å². The zero-order valence-corrected chi connectivity index (χ0v) is 19.6. The molecule has 1 amide bonds. The molecule has 2 aliphatic rings. The van der Waals surface area contributed by atoms with Crippen molar-refractivity contribution in [3.63, 3.8) is 0 Å². The first-order chi connectivity index (χ1) is 16.9. The van der Waals surface area contributed by atoms with Gasteiger partial charge in [-0.1, -0.05) is 17.7 Å². The molecule has 178 valence electrons. The number of anilines is 1. The summed E-state index contributed by atoms with van der Waals surface area (Å²) < 4.78 is 10.9. The summed E-state index contributed by atoms with van der Waals surface area (Å²) >= 11 is 6.17. The number of nitrogens with zero attached hydrogens (tertiary/aromatic N) is 1. The molecule has 0 bridgehead atoms. The molecule has 1 fully saturated rings. The van der Waals surface area contributed by atoms with E-state index in [9.17, 15) is 19.8 Å². The number of halogens is 1. The Morgan fingerprint density at radius 2 is 1.86 bits per heavy atom. The second-order valence-corrected chi connectivity index (χ2v) is 8.76. The highest BCUT2D eigenvalue weighted by molar-refractivity contribution is 6.51. The van der Waals surface area contributed by atoms with Gasteiger partial charge in [-0.25, -0.2) is 0 Å². The van der Waals surface area contributed by atoms with Crippen molar-refractivity contribution < 1.29 is 29.3 Å². The second-order valence-electron chi connectivity index (χ2n) is 8.35. The average Bonchev–Trinajstić information content (AvgIpc) is 3.15. The summed E-state index contributed by atoms with van der Waals surface area (Å²) in [6.07, 6.45) is 1.64. The van der Waals surface area contributed by atoms with Crippen LogP contribution in [0.2, 0.25) is 5.02 Å². The summed E-state index contributed by atoms with van der Waals surface area (Å²) in [4.78, 5) is 27.9. The van der Waals surface area contributed by atoms with Crippen LogP contribution in [-0.4, -0.2) is 35.6 Å². The Kier molecular flexibility index (Phi) is 5.86. The lowest BCUT2D eigenvalue weighted by Crippen LogP contribution is -2.29. The van der Waals surface area contributed by atoms with Crippen LogP contribution in [0.3, 0.4) is 0 Å². The number of amides is 1. The zero-order chi connectivity index (χ0) is 24.7. The Hall–Kier alpha value is -3.97.